The smallest absolute Gasteiger partial charge is 0.111 e. The van der Waals surface area contributed by atoms with Crippen molar-refractivity contribution in [3.8, 4) is 0 Å². The average molecular weight is 305 g/mol. The van der Waals surface area contributed by atoms with Gasteiger partial charge in [0, 0.05) is 18.9 Å². The van der Waals surface area contributed by atoms with Crippen LogP contribution in [0.3, 0.4) is 0 Å². The van der Waals surface area contributed by atoms with Crippen LogP contribution in [0.2, 0.25) is 0 Å². The molecule has 0 spiro atoms. The number of aromatic nitrogens is 2. The Labute approximate surface area is 130 Å². The highest BCUT2D eigenvalue weighted by atomic mass is 35.5. The summed E-state index contributed by atoms with van der Waals surface area (Å²) >= 11 is 6.01. The highest BCUT2D eigenvalue weighted by Gasteiger charge is 2.42. The first-order valence-electron chi connectivity index (χ1n) is 7.93. The first-order chi connectivity index (χ1) is 10.3. The molecule has 0 amide bonds. The summed E-state index contributed by atoms with van der Waals surface area (Å²) < 4.78 is 8.48. The van der Waals surface area contributed by atoms with Gasteiger partial charge >= 0.3 is 0 Å². The standard InChI is InChI=1S/C17H21ClN2O/c1-11-3-2-4-13-16(11)19-15(7-9-18)20(13)14-8-10-21-17(14)12-5-6-12/h2-4,12,14,17H,5-10H2,1H3. The van der Waals surface area contributed by atoms with Gasteiger partial charge in [0.15, 0.2) is 0 Å². The molecule has 1 aliphatic carbocycles. The molecule has 0 bridgehead atoms. The molecule has 21 heavy (non-hydrogen) atoms. The number of benzene rings is 1. The lowest BCUT2D eigenvalue weighted by Crippen LogP contribution is -2.23. The summed E-state index contributed by atoms with van der Waals surface area (Å²) in [6.07, 6.45) is 4.92. The van der Waals surface area contributed by atoms with Crippen molar-refractivity contribution in [1.82, 2.24) is 9.55 Å². The van der Waals surface area contributed by atoms with E-state index in [1.165, 1.54) is 23.9 Å². The van der Waals surface area contributed by atoms with Crippen LogP contribution < -0.4 is 0 Å². The lowest BCUT2D eigenvalue weighted by Gasteiger charge is -2.22. The van der Waals surface area contributed by atoms with Gasteiger partial charge in [0.1, 0.15) is 5.82 Å². The fourth-order valence-electron chi connectivity index (χ4n) is 3.69. The highest BCUT2D eigenvalue weighted by molar-refractivity contribution is 6.17. The zero-order valence-corrected chi connectivity index (χ0v) is 13.1. The summed E-state index contributed by atoms with van der Waals surface area (Å²) in [4.78, 5) is 4.88. The van der Waals surface area contributed by atoms with Gasteiger partial charge in [-0.15, -0.1) is 11.6 Å². The molecule has 4 heteroatoms. The van der Waals surface area contributed by atoms with Crippen LogP contribution in [0.5, 0.6) is 0 Å². The van der Waals surface area contributed by atoms with Crippen LogP contribution in [-0.4, -0.2) is 28.1 Å². The van der Waals surface area contributed by atoms with Gasteiger partial charge in [0.25, 0.3) is 0 Å². The minimum Gasteiger partial charge on any atom is -0.376 e. The minimum atomic E-state index is 0.372. The molecule has 4 rings (SSSR count). The number of hydrogen-bond acceptors (Lipinski definition) is 2. The summed E-state index contributed by atoms with van der Waals surface area (Å²) in [5.41, 5.74) is 3.61. The van der Waals surface area contributed by atoms with Gasteiger partial charge in [-0.05, 0) is 43.7 Å². The first kappa shape index (κ1) is 13.6. The number of hydrogen-bond donors (Lipinski definition) is 0. The lowest BCUT2D eigenvalue weighted by atomic mass is 10.1. The number of para-hydroxylation sites is 1. The van der Waals surface area contributed by atoms with Gasteiger partial charge in [-0.1, -0.05) is 12.1 Å². The van der Waals surface area contributed by atoms with Crippen molar-refractivity contribution >= 4 is 22.6 Å². The van der Waals surface area contributed by atoms with Crippen molar-refractivity contribution in [2.24, 2.45) is 5.92 Å². The van der Waals surface area contributed by atoms with Gasteiger partial charge in [0.05, 0.1) is 23.2 Å². The van der Waals surface area contributed by atoms with Gasteiger partial charge in [-0.2, -0.15) is 0 Å². The molecule has 2 unspecified atom stereocenters. The second-order valence-corrected chi connectivity index (χ2v) is 6.69. The van der Waals surface area contributed by atoms with Crippen LogP contribution in [0.15, 0.2) is 18.2 Å². The number of ether oxygens (including phenoxy) is 1. The van der Waals surface area contributed by atoms with Crippen molar-refractivity contribution in [3.63, 3.8) is 0 Å². The molecule has 0 N–H and O–H groups in total. The summed E-state index contributed by atoms with van der Waals surface area (Å²) in [6.45, 7) is 3.01. The molecule has 112 valence electrons. The number of alkyl halides is 1. The zero-order chi connectivity index (χ0) is 14.4. The Morgan fingerprint density at radius 1 is 1.33 bits per heavy atom. The molecule has 0 radical (unpaired) electrons. The van der Waals surface area contributed by atoms with Gasteiger partial charge < -0.3 is 9.30 Å². The van der Waals surface area contributed by atoms with Gasteiger partial charge in [0.2, 0.25) is 0 Å². The Balaban J connectivity index is 1.85. The van der Waals surface area contributed by atoms with E-state index in [1.54, 1.807) is 0 Å². The number of rotatable bonds is 4. The molecule has 1 aromatic heterocycles. The molecule has 2 aromatic rings. The first-order valence-corrected chi connectivity index (χ1v) is 8.47. The van der Waals surface area contributed by atoms with E-state index in [0.29, 0.717) is 18.0 Å². The SMILES string of the molecule is Cc1cccc2c1nc(CCCl)n2C1CCOC1C1CC1. The number of imidazole rings is 1. The van der Waals surface area contributed by atoms with E-state index in [0.717, 1.165) is 36.7 Å². The molecular formula is C17H21ClN2O. The summed E-state index contributed by atoms with van der Waals surface area (Å²) in [5.74, 6) is 2.49. The molecular weight excluding hydrogens is 284 g/mol. The largest absolute Gasteiger partial charge is 0.376 e. The third-order valence-electron chi connectivity index (χ3n) is 4.83. The number of fused-ring (bicyclic) bond motifs is 1. The second-order valence-electron chi connectivity index (χ2n) is 6.31. The summed E-state index contributed by atoms with van der Waals surface area (Å²) in [6, 6.07) is 6.88. The summed E-state index contributed by atoms with van der Waals surface area (Å²) in [7, 11) is 0. The molecule has 2 heterocycles. The van der Waals surface area contributed by atoms with Gasteiger partial charge in [-0.25, -0.2) is 4.98 Å². The molecule has 2 aliphatic rings. The van der Waals surface area contributed by atoms with E-state index in [4.69, 9.17) is 21.3 Å². The van der Waals surface area contributed by atoms with E-state index in [2.05, 4.69) is 29.7 Å². The third kappa shape index (κ3) is 2.27. The maximum absolute atomic E-state index is 6.04. The molecule has 1 saturated carbocycles. The maximum atomic E-state index is 6.04. The Hall–Kier alpha value is -1.06. The molecule has 2 fully saturated rings. The molecule has 3 nitrogen and oxygen atoms in total. The van der Waals surface area contributed by atoms with Crippen molar-refractivity contribution in [2.75, 3.05) is 12.5 Å². The van der Waals surface area contributed by atoms with E-state index < -0.39 is 0 Å². The van der Waals surface area contributed by atoms with Crippen LogP contribution in [0.25, 0.3) is 11.0 Å². The Bertz CT molecular complexity index is 662. The Kier molecular flexibility index (Phi) is 3.43. The van der Waals surface area contributed by atoms with Crippen LogP contribution >= 0.6 is 11.6 Å². The van der Waals surface area contributed by atoms with Crippen LogP contribution in [0.4, 0.5) is 0 Å². The average Bonchev–Trinajstić information content (AvgIpc) is 3.09. The van der Waals surface area contributed by atoms with Crippen LogP contribution in [0.1, 0.15) is 36.7 Å². The van der Waals surface area contributed by atoms with Gasteiger partial charge in [-0.3, -0.25) is 0 Å². The molecule has 1 aromatic carbocycles. The highest BCUT2D eigenvalue weighted by Crippen LogP contribution is 2.44. The van der Waals surface area contributed by atoms with E-state index in [-0.39, 0.29) is 0 Å². The number of aryl methyl sites for hydroxylation is 2. The van der Waals surface area contributed by atoms with Crippen LogP contribution in [0, 0.1) is 12.8 Å². The Morgan fingerprint density at radius 2 is 2.19 bits per heavy atom. The van der Waals surface area contributed by atoms with Crippen molar-refractivity contribution < 1.29 is 4.74 Å². The zero-order valence-electron chi connectivity index (χ0n) is 12.4. The third-order valence-corrected chi connectivity index (χ3v) is 5.02. The predicted molar refractivity (Wildman–Crippen MR) is 85.0 cm³/mol. The van der Waals surface area contributed by atoms with E-state index >= 15 is 0 Å². The molecule has 1 aliphatic heterocycles. The quantitative estimate of drug-likeness (QED) is 0.802. The fraction of sp³-hybridized carbons (Fsp3) is 0.588. The number of halogens is 1. The fourth-order valence-corrected chi connectivity index (χ4v) is 3.86. The maximum Gasteiger partial charge on any atom is 0.111 e. The van der Waals surface area contributed by atoms with Crippen molar-refractivity contribution in [3.05, 3.63) is 29.6 Å². The van der Waals surface area contributed by atoms with Crippen molar-refractivity contribution in [1.29, 1.82) is 0 Å². The minimum absolute atomic E-state index is 0.372. The second kappa shape index (κ2) is 5.29. The number of nitrogens with zero attached hydrogens (tertiary/aromatic N) is 2. The molecule has 2 atom stereocenters. The summed E-state index contributed by atoms with van der Waals surface area (Å²) in [5, 5.41) is 0. The topological polar surface area (TPSA) is 27.1 Å². The van der Waals surface area contributed by atoms with E-state index in [9.17, 15) is 0 Å². The lowest BCUT2D eigenvalue weighted by molar-refractivity contribution is 0.0753. The monoisotopic (exact) mass is 304 g/mol. The Morgan fingerprint density at radius 3 is 2.95 bits per heavy atom. The van der Waals surface area contributed by atoms with Crippen molar-refractivity contribution in [2.45, 2.75) is 44.8 Å². The normalized spacial score (nSPS) is 25.8. The van der Waals surface area contributed by atoms with Crippen LogP contribution in [-0.2, 0) is 11.2 Å². The predicted octanol–water partition coefficient (Wildman–Crippen LogP) is 3.87. The molecule has 1 saturated heterocycles. The van der Waals surface area contributed by atoms with E-state index in [1.807, 2.05) is 0 Å².